The van der Waals surface area contributed by atoms with Gasteiger partial charge in [0.25, 0.3) is 0 Å². The maximum atomic E-state index is 5.74. The van der Waals surface area contributed by atoms with Gasteiger partial charge in [-0.25, -0.2) is 0 Å². The van der Waals surface area contributed by atoms with Gasteiger partial charge in [0, 0.05) is 38.0 Å². The zero-order valence-corrected chi connectivity index (χ0v) is 12.7. The third-order valence-electron chi connectivity index (χ3n) is 4.23. The van der Waals surface area contributed by atoms with Crippen molar-refractivity contribution in [3.63, 3.8) is 0 Å². The summed E-state index contributed by atoms with van der Waals surface area (Å²) in [6.45, 7) is 8.39. The summed E-state index contributed by atoms with van der Waals surface area (Å²) < 4.78 is 5.74. The summed E-state index contributed by atoms with van der Waals surface area (Å²) >= 11 is 0. The van der Waals surface area contributed by atoms with Gasteiger partial charge in [-0.1, -0.05) is 12.1 Å². The molecule has 20 heavy (non-hydrogen) atoms. The van der Waals surface area contributed by atoms with E-state index in [0.717, 1.165) is 38.7 Å². The smallest absolute Gasteiger partial charge is 0.0721 e. The number of ether oxygens (including phenoxy) is 1. The molecular weight excluding hydrogens is 248 g/mol. The molecule has 3 rings (SSSR count). The van der Waals surface area contributed by atoms with E-state index in [0.29, 0.717) is 6.10 Å². The van der Waals surface area contributed by atoms with Crippen LogP contribution in [0.15, 0.2) is 18.2 Å². The molecule has 1 aliphatic heterocycles. The van der Waals surface area contributed by atoms with E-state index in [4.69, 9.17) is 4.74 Å². The maximum Gasteiger partial charge on any atom is 0.0721 e. The number of benzene rings is 1. The molecule has 2 aliphatic rings. The molecule has 2 fully saturated rings. The van der Waals surface area contributed by atoms with Crippen molar-refractivity contribution < 1.29 is 4.74 Å². The SMILES string of the molecule is Cc1cc(CNC2CC2)ccc1N1CCCOC(C)C1. The third-order valence-corrected chi connectivity index (χ3v) is 4.23. The van der Waals surface area contributed by atoms with Crippen LogP contribution in [0.3, 0.4) is 0 Å². The van der Waals surface area contributed by atoms with Crippen LogP contribution in [0.2, 0.25) is 0 Å². The van der Waals surface area contributed by atoms with E-state index in [1.807, 2.05) is 0 Å². The highest BCUT2D eigenvalue weighted by atomic mass is 16.5. The highest BCUT2D eigenvalue weighted by Crippen LogP contribution is 2.24. The van der Waals surface area contributed by atoms with Crippen molar-refractivity contribution in [2.24, 2.45) is 0 Å². The summed E-state index contributed by atoms with van der Waals surface area (Å²) in [6, 6.07) is 7.67. The first-order chi connectivity index (χ1) is 9.72. The van der Waals surface area contributed by atoms with Crippen LogP contribution >= 0.6 is 0 Å². The van der Waals surface area contributed by atoms with Gasteiger partial charge in [-0.15, -0.1) is 0 Å². The largest absolute Gasteiger partial charge is 0.377 e. The second kappa shape index (κ2) is 6.15. The van der Waals surface area contributed by atoms with Crippen LogP contribution in [0.1, 0.15) is 37.3 Å². The van der Waals surface area contributed by atoms with Crippen LogP contribution in [0, 0.1) is 6.92 Å². The van der Waals surface area contributed by atoms with Crippen molar-refractivity contribution in [2.75, 3.05) is 24.6 Å². The lowest BCUT2D eigenvalue weighted by Gasteiger charge is -2.26. The summed E-state index contributed by atoms with van der Waals surface area (Å²) in [6.07, 6.45) is 4.15. The van der Waals surface area contributed by atoms with Gasteiger partial charge >= 0.3 is 0 Å². The van der Waals surface area contributed by atoms with E-state index in [-0.39, 0.29) is 0 Å². The van der Waals surface area contributed by atoms with E-state index in [1.54, 1.807) is 0 Å². The molecule has 1 aromatic rings. The summed E-state index contributed by atoms with van der Waals surface area (Å²) in [4.78, 5) is 2.48. The lowest BCUT2D eigenvalue weighted by Crippen LogP contribution is -2.30. The van der Waals surface area contributed by atoms with E-state index >= 15 is 0 Å². The van der Waals surface area contributed by atoms with Crippen LogP contribution in [0.5, 0.6) is 0 Å². The van der Waals surface area contributed by atoms with Gasteiger partial charge < -0.3 is 15.0 Å². The Morgan fingerprint density at radius 3 is 2.95 bits per heavy atom. The quantitative estimate of drug-likeness (QED) is 0.913. The number of nitrogens with one attached hydrogen (secondary N) is 1. The van der Waals surface area contributed by atoms with Crippen molar-refractivity contribution in [3.8, 4) is 0 Å². The van der Waals surface area contributed by atoms with Crippen molar-refractivity contribution >= 4 is 5.69 Å². The average molecular weight is 274 g/mol. The Hall–Kier alpha value is -1.06. The van der Waals surface area contributed by atoms with Crippen molar-refractivity contribution in [2.45, 2.75) is 51.8 Å². The molecule has 1 atom stereocenters. The first kappa shape index (κ1) is 13.9. The van der Waals surface area contributed by atoms with Gasteiger partial charge in [-0.05, 0) is 50.3 Å². The van der Waals surface area contributed by atoms with E-state index < -0.39 is 0 Å². The van der Waals surface area contributed by atoms with Gasteiger partial charge in [0.1, 0.15) is 0 Å². The fourth-order valence-corrected chi connectivity index (χ4v) is 2.95. The molecule has 1 aliphatic carbocycles. The minimum Gasteiger partial charge on any atom is -0.377 e. The summed E-state index contributed by atoms with van der Waals surface area (Å²) in [5.74, 6) is 0. The minimum absolute atomic E-state index is 0.327. The van der Waals surface area contributed by atoms with Gasteiger partial charge in [0.15, 0.2) is 0 Å². The Bertz CT molecular complexity index is 456. The second-order valence-corrected chi connectivity index (χ2v) is 6.26. The lowest BCUT2D eigenvalue weighted by molar-refractivity contribution is 0.0821. The molecule has 0 aromatic heterocycles. The van der Waals surface area contributed by atoms with Gasteiger partial charge in [0.2, 0.25) is 0 Å². The van der Waals surface area contributed by atoms with Gasteiger partial charge in [0.05, 0.1) is 6.10 Å². The summed E-state index contributed by atoms with van der Waals surface area (Å²) in [7, 11) is 0. The Labute approximate surface area is 122 Å². The van der Waals surface area contributed by atoms with Crippen LogP contribution in [0.25, 0.3) is 0 Å². The van der Waals surface area contributed by atoms with E-state index in [2.05, 4.69) is 42.3 Å². The van der Waals surface area contributed by atoms with E-state index in [9.17, 15) is 0 Å². The number of rotatable bonds is 4. The molecule has 110 valence electrons. The Morgan fingerprint density at radius 2 is 2.20 bits per heavy atom. The molecule has 3 heteroatoms. The molecule has 1 unspecified atom stereocenters. The van der Waals surface area contributed by atoms with Crippen LogP contribution < -0.4 is 10.2 Å². The second-order valence-electron chi connectivity index (χ2n) is 6.26. The van der Waals surface area contributed by atoms with E-state index in [1.165, 1.54) is 29.7 Å². The van der Waals surface area contributed by atoms with Crippen LogP contribution in [-0.4, -0.2) is 31.8 Å². The molecule has 0 bridgehead atoms. The van der Waals surface area contributed by atoms with Crippen LogP contribution in [0.4, 0.5) is 5.69 Å². The Morgan fingerprint density at radius 1 is 1.35 bits per heavy atom. The number of nitrogens with zero attached hydrogens (tertiary/aromatic N) is 1. The van der Waals surface area contributed by atoms with Gasteiger partial charge in [-0.2, -0.15) is 0 Å². The third kappa shape index (κ3) is 3.53. The molecule has 0 spiro atoms. The predicted octanol–water partition coefficient (Wildman–Crippen LogP) is 2.86. The number of aryl methyl sites for hydroxylation is 1. The van der Waals surface area contributed by atoms with Crippen molar-refractivity contribution in [1.29, 1.82) is 0 Å². The standard InChI is InChI=1S/C17H26N2O/c1-13-10-15(11-18-16-5-6-16)4-7-17(13)19-8-3-9-20-14(2)12-19/h4,7,10,14,16,18H,3,5-6,8-9,11-12H2,1-2H3. The Balaban J connectivity index is 1.68. The normalized spacial score (nSPS) is 23.7. The molecular formula is C17H26N2O. The van der Waals surface area contributed by atoms with Crippen molar-refractivity contribution in [3.05, 3.63) is 29.3 Å². The monoisotopic (exact) mass is 274 g/mol. The maximum absolute atomic E-state index is 5.74. The molecule has 1 saturated heterocycles. The van der Waals surface area contributed by atoms with Gasteiger partial charge in [-0.3, -0.25) is 0 Å². The number of hydrogen-bond donors (Lipinski definition) is 1. The zero-order valence-electron chi connectivity index (χ0n) is 12.7. The fourth-order valence-electron chi connectivity index (χ4n) is 2.95. The zero-order chi connectivity index (χ0) is 13.9. The first-order valence-electron chi connectivity index (χ1n) is 7.92. The first-order valence-corrected chi connectivity index (χ1v) is 7.92. The summed E-state index contributed by atoms with van der Waals surface area (Å²) in [5, 5.41) is 3.58. The molecule has 1 heterocycles. The average Bonchev–Trinajstić information content (AvgIpc) is 3.24. The topological polar surface area (TPSA) is 24.5 Å². The molecule has 1 saturated carbocycles. The molecule has 0 amide bonds. The highest BCUT2D eigenvalue weighted by molar-refractivity contribution is 5.54. The van der Waals surface area contributed by atoms with Crippen LogP contribution in [-0.2, 0) is 11.3 Å². The van der Waals surface area contributed by atoms with Crippen molar-refractivity contribution in [1.82, 2.24) is 5.32 Å². The Kier molecular flexibility index (Phi) is 4.27. The molecule has 0 radical (unpaired) electrons. The fraction of sp³-hybridized carbons (Fsp3) is 0.647. The molecule has 3 nitrogen and oxygen atoms in total. The number of hydrogen-bond acceptors (Lipinski definition) is 3. The highest BCUT2D eigenvalue weighted by Gasteiger charge is 2.20. The minimum atomic E-state index is 0.327. The predicted molar refractivity (Wildman–Crippen MR) is 83.3 cm³/mol. The summed E-state index contributed by atoms with van der Waals surface area (Å²) in [5.41, 5.74) is 4.16. The lowest BCUT2D eigenvalue weighted by atomic mass is 10.1. The number of anilines is 1. The molecule has 1 aromatic carbocycles. The molecule has 1 N–H and O–H groups in total.